The summed E-state index contributed by atoms with van der Waals surface area (Å²) in [4.78, 5) is 0. The molecule has 0 bridgehead atoms. The van der Waals surface area contributed by atoms with Crippen molar-refractivity contribution in [2.24, 2.45) is 7.05 Å². The van der Waals surface area contributed by atoms with E-state index in [1.807, 2.05) is 0 Å². The Labute approximate surface area is 87.4 Å². The van der Waals surface area contributed by atoms with Crippen LogP contribution in [0, 0.1) is 5.82 Å². The lowest BCUT2D eigenvalue weighted by Gasteiger charge is -1.96. The zero-order chi connectivity index (χ0) is 9.59. The molecular formula is C8H5BrClFN2. The van der Waals surface area contributed by atoms with E-state index in [1.165, 1.54) is 12.1 Å². The summed E-state index contributed by atoms with van der Waals surface area (Å²) in [5.41, 5.74) is 0.678. The summed E-state index contributed by atoms with van der Waals surface area (Å²) in [6.07, 6.45) is 0. The Kier molecular flexibility index (Phi) is 2.04. The van der Waals surface area contributed by atoms with Crippen molar-refractivity contribution in [3.8, 4) is 0 Å². The van der Waals surface area contributed by atoms with Gasteiger partial charge in [0, 0.05) is 11.5 Å². The molecule has 0 spiro atoms. The highest BCUT2D eigenvalue weighted by molar-refractivity contribution is 9.10. The van der Waals surface area contributed by atoms with Crippen LogP contribution < -0.4 is 0 Å². The van der Waals surface area contributed by atoms with E-state index in [2.05, 4.69) is 21.0 Å². The quantitative estimate of drug-likeness (QED) is 0.714. The van der Waals surface area contributed by atoms with Crippen LogP contribution in [0.25, 0.3) is 10.9 Å². The van der Waals surface area contributed by atoms with Crippen molar-refractivity contribution in [1.29, 1.82) is 0 Å². The van der Waals surface area contributed by atoms with Gasteiger partial charge in [-0.05, 0) is 28.1 Å². The van der Waals surface area contributed by atoms with Crippen LogP contribution in [0.4, 0.5) is 4.39 Å². The monoisotopic (exact) mass is 262 g/mol. The van der Waals surface area contributed by atoms with Crippen LogP contribution >= 0.6 is 27.5 Å². The van der Waals surface area contributed by atoms with Crippen molar-refractivity contribution in [3.63, 3.8) is 0 Å². The second kappa shape index (κ2) is 2.96. The van der Waals surface area contributed by atoms with Gasteiger partial charge in [-0.25, -0.2) is 4.39 Å². The Morgan fingerprint density at radius 3 is 2.92 bits per heavy atom. The Bertz CT molecular complexity index is 480. The van der Waals surface area contributed by atoms with Crippen molar-refractivity contribution in [3.05, 3.63) is 27.6 Å². The smallest absolute Gasteiger partial charge is 0.160 e. The number of aromatic nitrogens is 2. The Hall–Kier alpha value is -0.610. The van der Waals surface area contributed by atoms with Crippen molar-refractivity contribution in [1.82, 2.24) is 9.78 Å². The molecule has 0 amide bonds. The average molecular weight is 263 g/mol. The van der Waals surface area contributed by atoms with E-state index in [0.717, 1.165) is 5.39 Å². The van der Waals surface area contributed by atoms with Gasteiger partial charge in [-0.15, -0.1) is 0 Å². The first-order chi connectivity index (χ1) is 6.09. The van der Waals surface area contributed by atoms with Gasteiger partial charge in [0.2, 0.25) is 0 Å². The first kappa shape index (κ1) is 8.97. The summed E-state index contributed by atoms with van der Waals surface area (Å²) in [5.74, 6) is -0.306. The highest BCUT2D eigenvalue weighted by Crippen LogP contribution is 2.30. The third-order valence-electron chi connectivity index (χ3n) is 1.83. The van der Waals surface area contributed by atoms with E-state index >= 15 is 0 Å². The minimum Gasteiger partial charge on any atom is -0.266 e. The summed E-state index contributed by atoms with van der Waals surface area (Å²) < 4.78 is 15.1. The lowest BCUT2D eigenvalue weighted by Crippen LogP contribution is -1.89. The van der Waals surface area contributed by atoms with Crippen LogP contribution in [0.5, 0.6) is 0 Å². The summed E-state index contributed by atoms with van der Waals surface area (Å²) in [5, 5.41) is 5.10. The van der Waals surface area contributed by atoms with Gasteiger partial charge in [-0.1, -0.05) is 11.6 Å². The van der Waals surface area contributed by atoms with Crippen LogP contribution in [0.3, 0.4) is 0 Å². The lowest BCUT2D eigenvalue weighted by atomic mass is 10.2. The Morgan fingerprint density at radius 1 is 1.54 bits per heavy atom. The SMILES string of the molecule is Cn1nc(Cl)c2c(Br)cc(F)cc21. The van der Waals surface area contributed by atoms with E-state index in [4.69, 9.17) is 11.6 Å². The van der Waals surface area contributed by atoms with Crippen LogP contribution in [-0.2, 0) is 7.05 Å². The molecule has 68 valence electrons. The molecular weight excluding hydrogens is 258 g/mol. The molecule has 0 atom stereocenters. The van der Waals surface area contributed by atoms with Crippen LogP contribution in [-0.4, -0.2) is 9.78 Å². The number of nitrogens with zero attached hydrogens (tertiary/aromatic N) is 2. The fraction of sp³-hybridized carbons (Fsp3) is 0.125. The van der Waals surface area contributed by atoms with Gasteiger partial charge in [0.25, 0.3) is 0 Å². The minimum atomic E-state index is -0.306. The normalized spacial score (nSPS) is 11.1. The molecule has 5 heteroatoms. The van der Waals surface area contributed by atoms with Gasteiger partial charge >= 0.3 is 0 Å². The van der Waals surface area contributed by atoms with Crippen molar-refractivity contribution in [2.75, 3.05) is 0 Å². The number of fused-ring (bicyclic) bond motifs is 1. The van der Waals surface area contributed by atoms with Crippen LogP contribution in [0.2, 0.25) is 5.15 Å². The van der Waals surface area contributed by atoms with Gasteiger partial charge in [0.05, 0.1) is 10.9 Å². The Balaban J connectivity index is 2.97. The molecule has 2 nitrogen and oxygen atoms in total. The number of aryl methyl sites for hydroxylation is 1. The molecule has 1 aromatic heterocycles. The third-order valence-corrected chi connectivity index (χ3v) is 2.72. The standard InChI is InChI=1S/C8H5BrClFN2/c1-13-6-3-4(11)2-5(9)7(6)8(10)12-13/h2-3H,1H3. The van der Waals surface area contributed by atoms with E-state index < -0.39 is 0 Å². The molecule has 0 saturated heterocycles. The molecule has 0 fully saturated rings. The maximum absolute atomic E-state index is 13.0. The van der Waals surface area contributed by atoms with Gasteiger partial charge in [0.1, 0.15) is 5.82 Å². The van der Waals surface area contributed by atoms with Crippen molar-refractivity contribution >= 4 is 38.4 Å². The fourth-order valence-corrected chi connectivity index (χ4v) is 2.29. The topological polar surface area (TPSA) is 17.8 Å². The maximum atomic E-state index is 13.0. The Morgan fingerprint density at radius 2 is 2.23 bits per heavy atom. The molecule has 0 N–H and O–H groups in total. The van der Waals surface area contributed by atoms with E-state index in [0.29, 0.717) is 15.1 Å². The van der Waals surface area contributed by atoms with Gasteiger partial charge in [-0.2, -0.15) is 5.10 Å². The average Bonchev–Trinajstić information content (AvgIpc) is 2.27. The summed E-state index contributed by atoms with van der Waals surface area (Å²) >= 11 is 9.09. The van der Waals surface area contributed by atoms with E-state index in [9.17, 15) is 4.39 Å². The summed E-state index contributed by atoms with van der Waals surface area (Å²) in [7, 11) is 1.72. The minimum absolute atomic E-state index is 0.306. The number of benzene rings is 1. The molecule has 0 saturated carbocycles. The second-order valence-electron chi connectivity index (χ2n) is 2.70. The van der Waals surface area contributed by atoms with Gasteiger partial charge in [0.15, 0.2) is 5.15 Å². The maximum Gasteiger partial charge on any atom is 0.160 e. The van der Waals surface area contributed by atoms with Crippen molar-refractivity contribution < 1.29 is 4.39 Å². The molecule has 1 heterocycles. The predicted octanol–water partition coefficient (Wildman–Crippen LogP) is 3.13. The van der Waals surface area contributed by atoms with Crippen LogP contribution in [0.1, 0.15) is 0 Å². The summed E-state index contributed by atoms with van der Waals surface area (Å²) in [6, 6.07) is 2.77. The van der Waals surface area contributed by atoms with E-state index in [-0.39, 0.29) is 5.82 Å². The molecule has 13 heavy (non-hydrogen) atoms. The van der Waals surface area contributed by atoms with Crippen LogP contribution in [0.15, 0.2) is 16.6 Å². The van der Waals surface area contributed by atoms with Crippen molar-refractivity contribution in [2.45, 2.75) is 0 Å². The molecule has 2 aromatic rings. The molecule has 0 aliphatic heterocycles. The highest BCUT2D eigenvalue weighted by atomic mass is 79.9. The molecule has 1 aromatic carbocycles. The molecule has 2 rings (SSSR count). The lowest BCUT2D eigenvalue weighted by molar-refractivity contribution is 0.627. The van der Waals surface area contributed by atoms with Gasteiger partial charge in [-0.3, -0.25) is 4.68 Å². The molecule has 0 unspecified atom stereocenters. The first-order valence-electron chi connectivity index (χ1n) is 3.57. The zero-order valence-corrected chi connectivity index (χ0v) is 9.02. The number of halogens is 3. The number of rotatable bonds is 0. The third kappa shape index (κ3) is 1.34. The second-order valence-corrected chi connectivity index (χ2v) is 3.91. The first-order valence-corrected chi connectivity index (χ1v) is 4.74. The van der Waals surface area contributed by atoms with Gasteiger partial charge < -0.3 is 0 Å². The molecule has 0 radical (unpaired) electrons. The molecule has 0 aliphatic rings. The number of hydrogen-bond donors (Lipinski definition) is 0. The molecule has 0 aliphatic carbocycles. The number of hydrogen-bond acceptors (Lipinski definition) is 1. The highest BCUT2D eigenvalue weighted by Gasteiger charge is 2.11. The summed E-state index contributed by atoms with van der Waals surface area (Å²) in [6.45, 7) is 0. The predicted molar refractivity (Wildman–Crippen MR) is 53.4 cm³/mol. The zero-order valence-electron chi connectivity index (χ0n) is 6.68. The van der Waals surface area contributed by atoms with E-state index in [1.54, 1.807) is 11.7 Å². The fourth-order valence-electron chi connectivity index (χ4n) is 1.26. The largest absolute Gasteiger partial charge is 0.266 e.